The molecule has 0 aliphatic heterocycles. The first-order chi connectivity index (χ1) is 22.8. The zero-order chi connectivity index (χ0) is 36.2. The van der Waals surface area contributed by atoms with Crippen molar-refractivity contribution in [3.8, 4) is 0 Å². The zero-order valence-electron chi connectivity index (χ0n) is 29.9. The van der Waals surface area contributed by atoms with Crippen LogP contribution in [0.15, 0.2) is 0 Å². The largest absolute Gasteiger partial charge is 0.462 e. The predicted molar refractivity (Wildman–Crippen MR) is 182 cm³/mol. The normalized spacial score (nSPS) is 15.9. The second-order valence-electron chi connectivity index (χ2n) is 13.3. The van der Waals surface area contributed by atoms with Gasteiger partial charge < -0.3 is 44.8 Å². The number of hydrogen-bond acceptors (Lipinski definition) is 12. The van der Waals surface area contributed by atoms with E-state index in [0.717, 1.165) is 77.0 Å². The molecule has 6 N–H and O–H groups in total. The van der Waals surface area contributed by atoms with Crippen molar-refractivity contribution in [2.45, 2.75) is 198 Å². The van der Waals surface area contributed by atoms with Gasteiger partial charge in [-0.2, -0.15) is 0 Å². The van der Waals surface area contributed by atoms with Crippen LogP contribution >= 0.6 is 0 Å². The zero-order valence-corrected chi connectivity index (χ0v) is 29.9. The second-order valence-corrected chi connectivity index (χ2v) is 13.3. The molecule has 0 aromatic carbocycles. The van der Waals surface area contributed by atoms with Gasteiger partial charge in [0.05, 0.1) is 36.6 Å². The molecule has 0 heterocycles. The Morgan fingerprint density at radius 3 is 1.00 bits per heavy atom. The van der Waals surface area contributed by atoms with Gasteiger partial charge >= 0.3 is 17.9 Å². The van der Waals surface area contributed by atoms with E-state index < -0.39 is 60.6 Å². The van der Waals surface area contributed by atoms with Crippen LogP contribution in [0.2, 0.25) is 0 Å². The molecule has 0 saturated carbocycles. The van der Waals surface area contributed by atoms with Crippen LogP contribution in [0.1, 0.15) is 156 Å². The van der Waals surface area contributed by atoms with Gasteiger partial charge in [-0.15, -0.1) is 0 Å². The highest BCUT2D eigenvalue weighted by Crippen LogP contribution is 2.14. The molecule has 284 valence electrons. The monoisotopic (exact) mass is 692 g/mol. The lowest BCUT2D eigenvalue weighted by molar-refractivity contribution is -0.167. The number of hydrogen-bond donors (Lipinski definition) is 6. The second kappa shape index (κ2) is 30.0. The molecular formula is C36H68O12. The molecule has 6 atom stereocenters. The van der Waals surface area contributed by atoms with Crippen molar-refractivity contribution in [2.24, 2.45) is 0 Å². The van der Waals surface area contributed by atoms with E-state index >= 15 is 0 Å². The van der Waals surface area contributed by atoms with E-state index in [9.17, 15) is 45.0 Å². The molecule has 0 fully saturated rings. The summed E-state index contributed by atoms with van der Waals surface area (Å²) in [5.74, 6) is -1.31. The van der Waals surface area contributed by atoms with E-state index in [0.29, 0.717) is 38.5 Å². The van der Waals surface area contributed by atoms with Crippen molar-refractivity contribution in [3.63, 3.8) is 0 Å². The summed E-state index contributed by atoms with van der Waals surface area (Å²) in [6.45, 7) is 4.26. The van der Waals surface area contributed by atoms with Gasteiger partial charge in [0.25, 0.3) is 0 Å². The third-order valence-electron chi connectivity index (χ3n) is 8.47. The summed E-state index contributed by atoms with van der Waals surface area (Å²) in [6.07, 6.45) is 8.97. The number of carbonyl (C=O) groups excluding carboxylic acids is 3. The van der Waals surface area contributed by atoms with E-state index in [-0.39, 0.29) is 32.5 Å². The average molecular weight is 693 g/mol. The van der Waals surface area contributed by atoms with E-state index in [1.807, 2.05) is 0 Å². The Bertz CT molecular complexity index is 760. The lowest BCUT2D eigenvalue weighted by Crippen LogP contribution is -2.30. The van der Waals surface area contributed by atoms with E-state index in [2.05, 4.69) is 0 Å². The molecule has 0 spiro atoms. The van der Waals surface area contributed by atoms with Crippen molar-refractivity contribution in [2.75, 3.05) is 13.2 Å². The lowest BCUT2D eigenvalue weighted by Gasteiger charge is -2.18. The molecule has 0 aliphatic rings. The fraction of sp³-hybridized carbons (Fsp3) is 0.917. The van der Waals surface area contributed by atoms with E-state index in [1.165, 1.54) is 0 Å². The third kappa shape index (κ3) is 28.1. The van der Waals surface area contributed by atoms with Crippen LogP contribution in [-0.4, -0.2) is 104 Å². The van der Waals surface area contributed by atoms with Gasteiger partial charge in [0.2, 0.25) is 0 Å². The van der Waals surface area contributed by atoms with Gasteiger partial charge in [-0.05, 0) is 59.3 Å². The first-order valence-electron chi connectivity index (χ1n) is 18.4. The fourth-order valence-electron chi connectivity index (χ4n) is 5.06. The highest BCUT2D eigenvalue weighted by atomic mass is 16.6. The van der Waals surface area contributed by atoms with Crippen LogP contribution in [0.5, 0.6) is 0 Å². The number of carbonyl (C=O) groups is 3. The molecule has 0 saturated heterocycles. The van der Waals surface area contributed by atoms with Crippen LogP contribution in [-0.2, 0) is 28.6 Å². The molecule has 0 aromatic rings. The molecule has 0 aromatic heterocycles. The highest BCUT2D eigenvalue weighted by molar-refractivity contribution is 5.71. The maximum absolute atomic E-state index is 12.5. The predicted octanol–water partition coefficient (Wildman–Crippen LogP) is 4.40. The van der Waals surface area contributed by atoms with Gasteiger partial charge in [-0.3, -0.25) is 14.4 Å². The standard InChI is InChI=1S/C36H68O12/c1-27(37)31(40)19-13-7-4-10-16-22-34(43)46-25-30(48-36(45)24-18-12-6-9-15-21-33(42)29(3)39)26-47-35(44)23-17-11-5-8-14-20-32(41)28(2)38/h27-33,37-42H,4-26H2,1-3H3/t27-,28-,29-,30?,31?,32?,33?/m0/s1. The first-order valence-corrected chi connectivity index (χ1v) is 18.4. The number of unbranched alkanes of at least 4 members (excludes halogenated alkanes) is 12. The fourth-order valence-corrected chi connectivity index (χ4v) is 5.06. The molecule has 12 heteroatoms. The Kier molecular flexibility index (Phi) is 28.9. The van der Waals surface area contributed by atoms with Gasteiger partial charge in [-0.1, -0.05) is 77.0 Å². The van der Waals surface area contributed by atoms with Crippen molar-refractivity contribution < 1.29 is 59.2 Å². The van der Waals surface area contributed by atoms with Crippen molar-refractivity contribution in [1.82, 2.24) is 0 Å². The Morgan fingerprint density at radius 1 is 0.417 bits per heavy atom. The van der Waals surface area contributed by atoms with Gasteiger partial charge in [0.1, 0.15) is 13.2 Å². The maximum atomic E-state index is 12.5. The number of rotatable bonds is 32. The summed E-state index contributed by atoms with van der Waals surface area (Å²) >= 11 is 0. The van der Waals surface area contributed by atoms with Crippen LogP contribution in [0.3, 0.4) is 0 Å². The van der Waals surface area contributed by atoms with Crippen molar-refractivity contribution in [1.29, 1.82) is 0 Å². The summed E-state index contributed by atoms with van der Waals surface area (Å²) in [6, 6.07) is 0. The molecule has 48 heavy (non-hydrogen) atoms. The summed E-state index contributed by atoms with van der Waals surface area (Å²) in [5.41, 5.74) is 0. The molecule has 0 amide bonds. The number of aliphatic hydroxyl groups excluding tert-OH is 6. The minimum Gasteiger partial charge on any atom is -0.462 e. The summed E-state index contributed by atoms with van der Waals surface area (Å²) < 4.78 is 16.2. The van der Waals surface area contributed by atoms with Crippen LogP contribution in [0, 0.1) is 0 Å². The molecule has 0 aliphatic carbocycles. The SMILES string of the molecule is C[C@H](O)C(O)CCCCCCCC(=O)OCC(COC(=O)CCCCCCCC(O)[C@H](C)O)OC(=O)CCCCCCCC(O)[C@H](C)O. The molecule has 0 rings (SSSR count). The number of ether oxygens (including phenoxy) is 3. The Hall–Kier alpha value is -1.83. The summed E-state index contributed by atoms with van der Waals surface area (Å²) in [4.78, 5) is 37.2. The Balaban J connectivity index is 4.49. The molecule has 3 unspecified atom stereocenters. The lowest BCUT2D eigenvalue weighted by atomic mass is 10.0. The molecule has 12 nitrogen and oxygen atoms in total. The van der Waals surface area contributed by atoms with Crippen LogP contribution in [0.4, 0.5) is 0 Å². The average Bonchev–Trinajstić information content (AvgIpc) is 3.03. The summed E-state index contributed by atoms with van der Waals surface area (Å²) in [7, 11) is 0. The maximum Gasteiger partial charge on any atom is 0.306 e. The molecule has 0 bridgehead atoms. The van der Waals surface area contributed by atoms with Crippen molar-refractivity contribution >= 4 is 17.9 Å². The topological polar surface area (TPSA) is 200 Å². The molecular weight excluding hydrogens is 624 g/mol. The smallest absolute Gasteiger partial charge is 0.306 e. The third-order valence-corrected chi connectivity index (χ3v) is 8.47. The number of aliphatic hydroxyl groups is 6. The summed E-state index contributed by atoms with van der Waals surface area (Å²) in [5, 5.41) is 57.0. The minimum atomic E-state index is -0.909. The Labute approximate surface area is 288 Å². The van der Waals surface area contributed by atoms with Gasteiger partial charge in [-0.25, -0.2) is 0 Å². The number of esters is 3. The molecule has 0 radical (unpaired) electrons. The highest BCUT2D eigenvalue weighted by Gasteiger charge is 2.20. The van der Waals surface area contributed by atoms with Crippen LogP contribution < -0.4 is 0 Å². The minimum absolute atomic E-state index is 0.178. The van der Waals surface area contributed by atoms with Gasteiger partial charge in [0.15, 0.2) is 6.10 Å². The Morgan fingerprint density at radius 2 is 0.688 bits per heavy atom. The van der Waals surface area contributed by atoms with E-state index in [4.69, 9.17) is 14.2 Å². The van der Waals surface area contributed by atoms with Crippen molar-refractivity contribution in [3.05, 3.63) is 0 Å². The quantitative estimate of drug-likeness (QED) is 0.0330. The van der Waals surface area contributed by atoms with Gasteiger partial charge in [0, 0.05) is 19.3 Å². The van der Waals surface area contributed by atoms with Crippen LogP contribution in [0.25, 0.3) is 0 Å². The van der Waals surface area contributed by atoms with E-state index in [1.54, 1.807) is 20.8 Å². The first kappa shape index (κ1) is 46.2.